The van der Waals surface area contributed by atoms with Crippen LogP contribution in [0.15, 0.2) is 30.3 Å². The number of carbonyl (C=O) groups is 1. The smallest absolute Gasteiger partial charge is 0.327 e. The third-order valence-electron chi connectivity index (χ3n) is 3.31. The monoisotopic (exact) mass is 284 g/mol. The number of hydrogen-bond acceptors (Lipinski definition) is 4. The highest BCUT2D eigenvalue weighted by Crippen LogP contribution is 2.22. The van der Waals surface area contributed by atoms with E-state index in [0.29, 0.717) is 19.6 Å². The van der Waals surface area contributed by atoms with Gasteiger partial charge < -0.3 is 10.5 Å². The van der Waals surface area contributed by atoms with E-state index in [0.717, 1.165) is 13.1 Å². The van der Waals surface area contributed by atoms with Crippen molar-refractivity contribution >= 4 is 18.4 Å². The van der Waals surface area contributed by atoms with Gasteiger partial charge in [-0.25, -0.2) is 0 Å². The van der Waals surface area contributed by atoms with E-state index < -0.39 is 5.54 Å². The number of likely N-dealkylation sites (tertiary alicyclic amines) is 1. The van der Waals surface area contributed by atoms with Crippen LogP contribution in [0.4, 0.5) is 0 Å². The molecule has 0 saturated carbocycles. The predicted molar refractivity (Wildman–Crippen MR) is 77.1 cm³/mol. The van der Waals surface area contributed by atoms with Crippen LogP contribution in [0.2, 0.25) is 0 Å². The van der Waals surface area contributed by atoms with E-state index in [2.05, 4.69) is 17.0 Å². The number of hydrogen-bond donors (Lipinski definition) is 1. The Morgan fingerprint density at radius 2 is 2.11 bits per heavy atom. The molecule has 1 aliphatic rings. The molecule has 5 heteroatoms. The Morgan fingerprint density at radius 3 is 2.74 bits per heavy atom. The van der Waals surface area contributed by atoms with Gasteiger partial charge in [0.1, 0.15) is 5.54 Å². The fourth-order valence-electron chi connectivity index (χ4n) is 2.33. The second-order valence-corrected chi connectivity index (χ2v) is 4.82. The molecule has 1 aliphatic heterocycles. The largest absolute Gasteiger partial charge is 0.465 e. The van der Waals surface area contributed by atoms with Crippen molar-refractivity contribution < 1.29 is 9.53 Å². The number of carbonyl (C=O) groups excluding carboxylic acids is 1. The Morgan fingerprint density at radius 1 is 1.42 bits per heavy atom. The van der Waals surface area contributed by atoms with Crippen molar-refractivity contribution in [1.82, 2.24) is 4.90 Å². The first-order valence-electron chi connectivity index (χ1n) is 6.36. The third kappa shape index (κ3) is 3.93. The molecule has 106 valence electrons. The van der Waals surface area contributed by atoms with Crippen LogP contribution < -0.4 is 5.73 Å². The highest BCUT2D eigenvalue weighted by Gasteiger charge is 2.42. The van der Waals surface area contributed by atoms with Crippen molar-refractivity contribution in [2.24, 2.45) is 5.73 Å². The molecule has 0 radical (unpaired) electrons. The molecule has 1 heterocycles. The van der Waals surface area contributed by atoms with Gasteiger partial charge in [0.25, 0.3) is 0 Å². The maximum atomic E-state index is 11.8. The minimum absolute atomic E-state index is 0. The van der Waals surface area contributed by atoms with Gasteiger partial charge in [-0.1, -0.05) is 30.3 Å². The van der Waals surface area contributed by atoms with Crippen LogP contribution in [0.5, 0.6) is 0 Å². The summed E-state index contributed by atoms with van der Waals surface area (Å²) in [5.74, 6) is -0.277. The summed E-state index contributed by atoms with van der Waals surface area (Å²) >= 11 is 0. The van der Waals surface area contributed by atoms with Crippen LogP contribution in [0.3, 0.4) is 0 Å². The topological polar surface area (TPSA) is 55.6 Å². The summed E-state index contributed by atoms with van der Waals surface area (Å²) in [4.78, 5) is 14.0. The standard InChI is InChI=1S/C14H20N2O2.ClH/c1-2-18-13(17)14(15)8-9-16(11-14)10-12-6-4-3-5-7-12;/h3-7H,2,8-11,15H2,1H3;1H. The highest BCUT2D eigenvalue weighted by molar-refractivity contribution is 5.85. The molecule has 1 saturated heterocycles. The van der Waals surface area contributed by atoms with Gasteiger partial charge in [-0.15, -0.1) is 12.4 Å². The quantitative estimate of drug-likeness (QED) is 0.853. The van der Waals surface area contributed by atoms with Crippen LogP contribution in [0, 0.1) is 0 Å². The zero-order valence-electron chi connectivity index (χ0n) is 11.2. The van der Waals surface area contributed by atoms with E-state index in [1.165, 1.54) is 5.56 Å². The minimum atomic E-state index is -0.829. The summed E-state index contributed by atoms with van der Waals surface area (Å²) in [7, 11) is 0. The molecule has 1 unspecified atom stereocenters. The number of nitrogens with two attached hydrogens (primary N) is 1. The van der Waals surface area contributed by atoms with Crippen molar-refractivity contribution in [3.63, 3.8) is 0 Å². The van der Waals surface area contributed by atoms with E-state index in [1.54, 1.807) is 6.92 Å². The Labute approximate surface area is 120 Å². The van der Waals surface area contributed by atoms with Gasteiger partial charge in [0.2, 0.25) is 0 Å². The molecule has 2 rings (SSSR count). The number of ether oxygens (including phenoxy) is 1. The van der Waals surface area contributed by atoms with Gasteiger partial charge in [-0.2, -0.15) is 0 Å². The molecular weight excluding hydrogens is 264 g/mol. The molecule has 2 N–H and O–H groups in total. The lowest BCUT2D eigenvalue weighted by Gasteiger charge is -2.22. The molecule has 0 bridgehead atoms. The van der Waals surface area contributed by atoms with E-state index in [1.807, 2.05) is 18.2 Å². The van der Waals surface area contributed by atoms with Crippen LogP contribution in [0.25, 0.3) is 0 Å². The van der Waals surface area contributed by atoms with Crippen molar-refractivity contribution in [1.29, 1.82) is 0 Å². The first-order chi connectivity index (χ1) is 8.64. The number of rotatable bonds is 4. The number of benzene rings is 1. The summed E-state index contributed by atoms with van der Waals surface area (Å²) in [5, 5.41) is 0. The second kappa shape index (κ2) is 6.89. The average Bonchev–Trinajstić information content (AvgIpc) is 2.74. The van der Waals surface area contributed by atoms with Crippen molar-refractivity contribution in [3.05, 3.63) is 35.9 Å². The molecule has 0 amide bonds. The molecule has 19 heavy (non-hydrogen) atoms. The van der Waals surface area contributed by atoms with Gasteiger partial charge in [-0.3, -0.25) is 9.69 Å². The minimum Gasteiger partial charge on any atom is -0.465 e. The Hall–Kier alpha value is -1.10. The van der Waals surface area contributed by atoms with Crippen molar-refractivity contribution in [2.75, 3.05) is 19.7 Å². The van der Waals surface area contributed by atoms with Gasteiger partial charge in [0, 0.05) is 19.6 Å². The Kier molecular flexibility index (Phi) is 5.79. The molecule has 0 aliphatic carbocycles. The highest BCUT2D eigenvalue weighted by atomic mass is 35.5. The lowest BCUT2D eigenvalue weighted by atomic mass is 10.0. The SMILES string of the molecule is CCOC(=O)C1(N)CCN(Cc2ccccc2)C1.Cl. The summed E-state index contributed by atoms with van der Waals surface area (Å²) in [5.41, 5.74) is 6.53. The first kappa shape index (κ1) is 16.0. The van der Waals surface area contributed by atoms with Gasteiger partial charge in [0.05, 0.1) is 6.61 Å². The van der Waals surface area contributed by atoms with Crippen LogP contribution in [-0.4, -0.2) is 36.1 Å². The lowest BCUT2D eigenvalue weighted by Crippen LogP contribution is -2.51. The van der Waals surface area contributed by atoms with Gasteiger partial charge in [-0.05, 0) is 18.9 Å². The number of halogens is 1. The van der Waals surface area contributed by atoms with Gasteiger partial charge >= 0.3 is 5.97 Å². The maximum Gasteiger partial charge on any atom is 0.327 e. The molecule has 1 atom stereocenters. The Bertz CT molecular complexity index is 413. The van der Waals surface area contributed by atoms with E-state index in [4.69, 9.17) is 10.5 Å². The van der Waals surface area contributed by atoms with Crippen molar-refractivity contribution in [3.8, 4) is 0 Å². The molecule has 1 aromatic rings. The lowest BCUT2D eigenvalue weighted by molar-refractivity contribution is -0.149. The summed E-state index contributed by atoms with van der Waals surface area (Å²) in [6.07, 6.45) is 0.665. The molecule has 1 aromatic carbocycles. The third-order valence-corrected chi connectivity index (χ3v) is 3.31. The zero-order chi connectivity index (χ0) is 13.0. The fraction of sp³-hybridized carbons (Fsp3) is 0.500. The number of esters is 1. The van der Waals surface area contributed by atoms with Gasteiger partial charge in [0.15, 0.2) is 0 Å². The molecular formula is C14H21ClN2O2. The summed E-state index contributed by atoms with van der Waals surface area (Å²) in [6.45, 7) is 4.43. The number of nitrogens with zero attached hydrogens (tertiary/aromatic N) is 1. The molecule has 4 nitrogen and oxygen atoms in total. The molecule has 1 fully saturated rings. The zero-order valence-corrected chi connectivity index (χ0v) is 12.0. The van der Waals surface area contributed by atoms with Crippen LogP contribution in [-0.2, 0) is 16.1 Å². The normalized spacial score (nSPS) is 22.8. The Balaban J connectivity index is 0.00000180. The summed E-state index contributed by atoms with van der Waals surface area (Å²) < 4.78 is 5.04. The molecule has 0 spiro atoms. The van der Waals surface area contributed by atoms with Crippen LogP contribution >= 0.6 is 12.4 Å². The van der Waals surface area contributed by atoms with Crippen LogP contribution in [0.1, 0.15) is 18.9 Å². The van der Waals surface area contributed by atoms with Crippen molar-refractivity contribution in [2.45, 2.75) is 25.4 Å². The first-order valence-corrected chi connectivity index (χ1v) is 6.36. The van der Waals surface area contributed by atoms with E-state index >= 15 is 0 Å². The molecule has 0 aromatic heterocycles. The average molecular weight is 285 g/mol. The van der Waals surface area contributed by atoms with E-state index in [-0.39, 0.29) is 18.4 Å². The van der Waals surface area contributed by atoms with E-state index in [9.17, 15) is 4.79 Å². The second-order valence-electron chi connectivity index (χ2n) is 4.82. The summed E-state index contributed by atoms with van der Waals surface area (Å²) in [6, 6.07) is 10.2. The predicted octanol–water partition coefficient (Wildman–Crippen LogP) is 1.57. The fourth-order valence-corrected chi connectivity index (χ4v) is 2.33. The maximum absolute atomic E-state index is 11.8.